The molecule has 0 amide bonds. The lowest BCUT2D eigenvalue weighted by Gasteiger charge is -2.06. The van der Waals surface area contributed by atoms with Gasteiger partial charge >= 0.3 is 0 Å². The van der Waals surface area contributed by atoms with Gasteiger partial charge < -0.3 is 31.0 Å². The number of carbonyl (C=O) groups is 1. The predicted molar refractivity (Wildman–Crippen MR) is 167 cm³/mol. The van der Waals surface area contributed by atoms with Crippen LogP contribution < -0.4 is 16.6 Å². The number of rotatable bonds is 9. The molecule has 0 aromatic heterocycles. The first-order valence-electron chi connectivity index (χ1n) is 13.2. The van der Waals surface area contributed by atoms with Crippen molar-refractivity contribution in [1.29, 1.82) is 0 Å². The van der Waals surface area contributed by atoms with Gasteiger partial charge in [-0.1, -0.05) is 24.3 Å². The number of carboxylic acid groups (broad SMARTS) is 1. The van der Waals surface area contributed by atoms with Gasteiger partial charge in [-0.15, -0.1) is 10.2 Å². The maximum absolute atomic E-state index is 11.1. The van der Waals surface area contributed by atoms with Crippen molar-refractivity contribution in [3.05, 3.63) is 109 Å². The van der Waals surface area contributed by atoms with Gasteiger partial charge in [-0.25, -0.2) is 8.42 Å². The Morgan fingerprint density at radius 3 is 1.46 bits per heavy atom. The highest BCUT2D eigenvalue weighted by Gasteiger charge is 2.07. The van der Waals surface area contributed by atoms with Crippen LogP contribution in [0.1, 0.15) is 10.4 Å². The van der Waals surface area contributed by atoms with Gasteiger partial charge in [-0.2, -0.15) is 20.5 Å². The normalized spacial score (nSPS) is 11.9. The Kier molecular flexibility index (Phi) is 8.88. The van der Waals surface area contributed by atoms with Crippen LogP contribution in [-0.4, -0.2) is 24.0 Å². The fraction of sp³-hybridized carbons (Fsp3) is 0. The molecule has 0 saturated heterocycles. The van der Waals surface area contributed by atoms with Crippen LogP contribution >= 0.6 is 0 Å². The summed E-state index contributed by atoms with van der Waals surface area (Å²) in [6.45, 7) is 0. The van der Waals surface area contributed by atoms with E-state index in [4.69, 9.17) is 11.5 Å². The highest BCUT2D eigenvalue weighted by atomic mass is 32.2. The first kappa shape index (κ1) is 31.1. The van der Waals surface area contributed by atoms with Crippen LogP contribution in [0.2, 0.25) is 0 Å². The zero-order valence-electron chi connectivity index (χ0n) is 23.5. The molecule has 5 N–H and O–H groups in total. The number of nitrogen functional groups attached to an aromatic ring is 2. The molecule has 0 spiro atoms. The van der Waals surface area contributed by atoms with E-state index in [0.29, 0.717) is 22.7 Å². The molecule has 46 heavy (non-hydrogen) atoms. The first-order valence-corrected chi connectivity index (χ1v) is 14.6. The van der Waals surface area contributed by atoms with Gasteiger partial charge in [-0.05, 0) is 90.0 Å². The van der Waals surface area contributed by atoms with E-state index in [1.807, 2.05) is 24.3 Å². The Morgan fingerprint density at radius 1 is 0.587 bits per heavy atom. The molecule has 0 aliphatic carbocycles. The molecule has 5 aromatic carbocycles. The van der Waals surface area contributed by atoms with Crippen molar-refractivity contribution in [2.75, 3.05) is 11.5 Å². The lowest BCUT2D eigenvalue weighted by molar-refractivity contribution is -0.255. The maximum atomic E-state index is 11.1. The number of anilines is 2. The topological polar surface area (TPSA) is 244 Å². The van der Waals surface area contributed by atoms with Crippen LogP contribution in [0.15, 0.2) is 139 Å². The third-order valence-corrected chi connectivity index (χ3v) is 7.25. The van der Waals surface area contributed by atoms with Gasteiger partial charge in [-0.3, -0.25) is 0 Å². The second-order valence-corrected chi connectivity index (χ2v) is 11.0. The van der Waals surface area contributed by atoms with Gasteiger partial charge in [0.15, 0.2) is 0 Å². The molecule has 14 nitrogen and oxygen atoms in total. The highest BCUT2D eigenvalue weighted by molar-refractivity contribution is 7.85. The van der Waals surface area contributed by atoms with Crippen LogP contribution in [-0.2, 0) is 10.1 Å². The fourth-order valence-electron chi connectivity index (χ4n) is 3.99. The number of nitrogens with two attached hydrogens (primary N) is 2. The standard InChI is InChI=1S/C31H24N8O6S/c32-26-16-27(33)29(39-36-22-9-12-24(13-10-22)46(43,44)45)17-28(26)38-35-21-7-3-19(4-8-21)18-1-5-20(6-2-18)34-37-23-11-14-30(40)25(15-23)31(41)42/h1-17,40H,32-33H2,(H,41,42)(H,43,44,45)/p-2. The fourth-order valence-corrected chi connectivity index (χ4v) is 4.46. The Labute approximate surface area is 261 Å². The summed E-state index contributed by atoms with van der Waals surface area (Å²) in [7, 11) is -4.57. The average molecular weight is 635 g/mol. The van der Waals surface area contributed by atoms with Crippen LogP contribution in [0.5, 0.6) is 5.75 Å². The van der Waals surface area contributed by atoms with E-state index < -0.39 is 21.8 Å². The van der Waals surface area contributed by atoms with E-state index in [9.17, 15) is 28.0 Å². The maximum Gasteiger partial charge on any atom is 0.124 e. The number of carboxylic acids is 1. The van der Waals surface area contributed by atoms with Gasteiger partial charge in [0.25, 0.3) is 0 Å². The second kappa shape index (κ2) is 13.1. The summed E-state index contributed by atoms with van der Waals surface area (Å²) in [4.78, 5) is 10.7. The van der Waals surface area contributed by atoms with Crippen molar-refractivity contribution in [2.24, 2.45) is 30.7 Å². The van der Waals surface area contributed by atoms with Crippen LogP contribution in [0.3, 0.4) is 0 Å². The van der Waals surface area contributed by atoms with Crippen molar-refractivity contribution in [1.82, 2.24) is 0 Å². The number of hydrogen-bond donors (Lipinski definition) is 3. The van der Waals surface area contributed by atoms with Gasteiger partial charge in [0.1, 0.15) is 27.2 Å². The summed E-state index contributed by atoms with van der Waals surface area (Å²) in [6.07, 6.45) is 0. The van der Waals surface area contributed by atoms with Crippen molar-refractivity contribution in [3.8, 4) is 16.9 Å². The molecule has 0 bridgehead atoms. The van der Waals surface area contributed by atoms with Crippen LogP contribution in [0.4, 0.5) is 45.5 Å². The number of azo groups is 3. The molecule has 0 saturated carbocycles. The minimum atomic E-state index is -4.57. The highest BCUT2D eigenvalue weighted by Crippen LogP contribution is 2.36. The van der Waals surface area contributed by atoms with Gasteiger partial charge in [0.05, 0.1) is 45.0 Å². The van der Waals surface area contributed by atoms with Gasteiger partial charge in [0.2, 0.25) is 0 Å². The van der Waals surface area contributed by atoms with Crippen LogP contribution in [0.25, 0.3) is 11.1 Å². The van der Waals surface area contributed by atoms with Crippen molar-refractivity contribution in [2.45, 2.75) is 4.90 Å². The Hall–Kier alpha value is -6.32. The molecule has 0 aliphatic heterocycles. The van der Waals surface area contributed by atoms with Gasteiger partial charge in [0, 0.05) is 5.56 Å². The quantitative estimate of drug-likeness (QED) is 0.0888. The molecule has 230 valence electrons. The first-order chi connectivity index (χ1) is 22.0. The third-order valence-electron chi connectivity index (χ3n) is 6.40. The largest absolute Gasteiger partial charge is 0.744 e. The van der Waals surface area contributed by atoms with Crippen molar-refractivity contribution in [3.63, 3.8) is 0 Å². The second-order valence-electron chi connectivity index (χ2n) is 9.60. The zero-order valence-corrected chi connectivity index (χ0v) is 24.4. The van der Waals surface area contributed by atoms with E-state index in [1.165, 1.54) is 42.5 Å². The summed E-state index contributed by atoms with van der Waals surface area (Å²) in [5, 5.41) is 45.4. The van der Waals surface area contributed by atoms with Crippen LogP contribution in [0, 0.1) is 0 Å². The summed E-state index contributed by atoms with van der Waals surface area (Å²) < 4.78 is 33.3. The molecule has 0 aliphatic rings. The molecule has 5 rings (SSSR count). The number of phenols is 1. The van der Waals surface area contributed by atoms with E-state index >= 15 is 0 Å². The molecule has 15 heteroatoms. The lowest BCUT2D eigenvalue weighted by atomic mass is 10.1. The minimum Gasteiger partial charge on any atom is -0.744 e. The lowest BCUT2D eigenvalue weighted by Crippen LogP contribution is -2.22. The number of hydrogen-bond acceptors (Lipinski definition) is 14. The number of carbonyl (C=O) groups excluding carboxylic acids is 1. The summed E-state index contributed by atoms with van der Waals surface area (Å²) in [6, 6.07) is 26.2. The number of aromatic hydroxyl groups is 1. The number of benzene rings is 5. The van der Waals surface area contributed by atoms with E-state index in [1.54, 1.807) is 24.3 Å². The molecule has 0 unspecified atom stereocenters. The SMILES string of the molecule is Nc1cc(N)c(N=Nc2ccc(S(=O)(=O)[O-])cc2)cc1N=Nc1ccc(-c2ccc(N=Nc3ccc(O)c(C(=O)[O-])c3)cc2)cc1. The number of nitrogens with zero attached hydrogens (tertiary/aromatic N) is 6. The van der Waals surface area contributed by atoms with E-state index in [2.05, 4.69) is 30.7 Å². The molecular formula is C31H22N8O6S-2. The molecule has 5 aromatic rings. The molecule has 0 radical (unpaired) electrons. The zero-order chi connectivity index (χ0) is 32.8. The Bertz CT molecular complexity index is 2120. The molecule has 0 atom stereocenters. The van der Waals surface area contributed by atoms with E-state index in [0.717, 1.165) is 23.3 Å². The minimum absolute atomic E-state index is 0.237. The smallest absolute Gasteiger partial charge is 0.124 e. The Morgan fingerprint density at radius 2 is 1.00 bits per heavy atom. The molecule has 0 heterocycles. The predicted octanol–water partition coefficient (Wildman–Crippen LogP) is 6.74. The summed E-state index contributed by atoms with van der Waals surface area (Å²) >= 11 is 0. The number of aromatic carboxylic acids is 1. The Balaban J connectivity index is 1.26. The molecule has 0 fully saturated rings. The van der Waals surface area contributed by atoms with Crippen molar-refractivity contribution < 1.29 is 28.0 Å². The third kappa shape index (κ3) is 7.60. The van der Waals surface area contributed by atoms with Crippen molar-refractivity contribution >= 4 is 61.6 Å². The summed E-state index contributed by atoms with van der Waals surface area (Å²) in [5.74, 6) is -1.93. The average Bonchev–Trinajstić information content (AvgIpc) is 3.03. The monoisotopic (exact) mass is 634 g/mol. The molecular weight excluding hydrogens is 612 g/mol. The summed E-state index contributed by atoms with van der Waals surface area (Å²) in [5.41, 5.74) is 16.2. The van der Waals surface area contributed by atoms with E-state index in [-0.39, 0.29) is 33.2 Å².